The predicted molar refractivity (Wildman–Crippen MR) is 108 cm³/mol. The average Bonchev–Trinajstić information content (AvgIpc) is 2.65. The molecule has 2 rings (SSSR count). The van der Waals surface area contributed by atoms with E-state index in [-0.39, 0.29) is 5.91 Å². The monoisotopic (exact) mass is 358 g/mol. The van der Waals surface area contributed by atoms with Gasteiger partial charge in [0.25, 0.3) is 5.91 Å². The van der Waals surface area contributed by atoms with Crippen molar-refractivity contribution >= 4 is 11.9 Å². The van der Waals surface area contributed by atoms with Crippen LogP contribution >= 0.6 is 0 Å². The summed E-state index contributed by atoms with van der Waals surface area (Å²) in [7, 11) is 1.65. The van der Waals surface area contributed by atoms with Gasteiger partial charge in [0.15, 0.2) is 5.96 Å². The summed E-state index contributed by atoms with van der Waals surface area (Å²) in [5.41, 5.74) is 1.70. The van der Waals surface area contributed by atoms with Crippen molar-refractivity contribution in [2.75, 3.05) is 20.1 Å². The van der Waals surface area contributed by atoms with Crippen LogP contribution < -0.4 is 16.0 Å². The molecule has 5 heteroatoms. The molecule has 2 unspecified atom stereocenters. The van der Waals surface area contributed by atoms with Crippen LogP contribution in [0.25, 0.3) is 0 Å². The Balaban J connectivity index is 1.86. The molecule has 0 aliphatic heterocycles. The van der Waals surface area contributed by atoms with Gasteiger partial charge in [0.05, 0.1) is 6.54 Å². The zero-order chi connectivity index (χ0) is 18.8. The number of amides is 1. The number of nitrogens with one attached hydrogen (secondary N) is 3. The number of carbonyl (C=O) groups is 1. The van der Waals surface area contributed by atoms with Gasteiger partial charge in [0.1, 0.15) is 0 Å². The molecular weight excluding hydrogens is 324 g/mol. The summed E-state index contributed by atoms with van der Waals surface area (Å²) in [5.74, 6) is 2.51. The van der Waals surface area contributed by atoms with E-state index in [2.05, 4.69) is 34.8 Å². The lowest BCUT2D eigenvalue weighted by Gasteiger charge is -2.26. The first-order chi connectivity index (χ1) is 12.6. The molecule has 144 valence electrons. The fraction of sp³-hybridized carbons (Fsp3) is 0.619. The van der Waals surface area contributed by atoms with Crippen molar-refractivity contribution in [2.24, 2.45) is 16.8 Å². The highest BCUT2D eigenvalue weighted by Gasteiger charge is 2.18. The molecule has 0 spiro atoms. The molecule has 5 nitrogen and oxygen atoms in total. The van der Waals surface area contributed by atoms with E-state index >= 15 is 0 Å². The fourth-order valence-corrected chi connectivity index (χ4v) is 3.68. The second-order valence-electron chi connectivity index (χ2n) is 7.33. The van der Waals surface area contributed by atoms with E-state index < -0.39 is 0 Å². The van der Waals surface area contributed by atoms with E-state index in [1.165, 1.54) is 32.1 Å². The van der Waals surface area contributed by atoms with E-state index in [0.717, 1.165) is 36.4 Å². The van der Waals surface area contributed by atoms with Gasteiger partial charge in [-0.05, 0) is 49.3 Å². The van der Waals surface area contributed by atoms with Crippen molar-refractivity contribution in [3.8, 4) is 0 Å². The van der Waals surface area contributed by atoms with Gasteiger partial charge in [-0.2, -0.15) is 0 Å². The maximum absolute atomic E-state index is 11.7. The number of guanidine groups is 1. The van der Waals surface area contributed by atoms with Crippen LogP contribution in [-0.4, -0.2) is 32.0 Å². The Hall–Kier alpha value is -2.04. The van der Waals surface area contributed by atoms with Crippen LogP contribution in [0.2, 0.25) is 0 Å². The molecule has 1 amide bonds. The molecule has 1 aliphatic rings. The van der Waals surface area contributed by atoms with Crippen molar-refractivity contribution in [3.63, 3.8) is 0 Å². The zero-order valence-electron chi connectivity index (χ0n) is 16.5. The Morgan fingerprint density at radius 3 is 2.85 bits per heavy atom. The van der Waals surface area contributed by atoms with Gasteiger partial charge >= 0.3 is 0 Å². The third-order valence-corrected chi connectivity index (χ3v) is 5.07. The normalized spacial score (nSPS) is 20.5. The van der Waals surface area contributed by atoms with Crippen molar-refractivity contribution in [3.05, 3.63) is 35.4 Å². The van der Waals surface area contributed by atoms with Crippen molar-refractivity contribution in [2.45, 2.75) is 52.5 Å². The molecule has 2 atom stereocenters. The number of aliphatic imine (C=N–C) groups is 1. The molecule has 0 saturated heterocycles. The lowest BCUT2D eigenvalue weighted by molar-refractivity contribution is 0.0963. The van der Waals surface area contributed by atoms with Crippen molar-refractivity contribution in [1.29, 1.82) is 0 Å². The summed E-state index contributed by atoms with van der Waals surface area (Å²) in [5, 5.41) is 9.43. The topological polar surface area (TPSA) is 65.5 Å². The summed E-state index contributed by atoms with van der Waals surface area (Å²) in [6.07, 6.45) is 6.71. The summed E-state index contributed by atoms with van der Waals surface area (Å²) in [6, 6.07) is 7.62. The van der Waals surface area contributed by atoms with Gasteiger partial charge in [0.2, 0.25) is 0 Å². The van der Waals surface area contributed by atoms with Gasteiger partial charge in [-0.1, -0.05) is 38.3 Å². The molecule has 1 aliphatic carbocycles. The van der Waals surface area contributed by atoms with E-state index in [9.17, 15) is 4.79 Å². The van der Waals surface area contributed by atoms with Crippen LogP contribution in [0.3, 0.4) is 0 Å². The molecule has 0 bridgehead atoms. The number of carbonyl (C=O) groups excluding carboxylic acids is 1. The SMILES string of the molecule is CCNC(=NCc1cccc(C(=O)NC)c1)NCCC1CCCC(C)C1. The van der Waals surface area contributed by atoms with Gasteiger partial charge in [0, 0.05) is 25.7 Å². The molecule has 3 N–H and O–H groups in total. The van der Waals surface area contributed by atoms with E-state index in [1.807, 2.05) is 24.3 Å². The summed E-state index contributed by atoms with van der Waals surface area (Å²) in [4.78, 5) is 16.4. The number of benzene rings is 1. The Morgan fingerprint density at radius 2 is 2.12 bits per heavy atom. The maximum Gasteiger partial charge on any atom is 0.251 e. The van der Waals surface area contributed by atoms with Crippen molar-refractivity contribution < 1.29 is 4.79 Å². The molecule has 0 heterocycles. The average molecular weight is 359 g/mol. The lowest BCUT2D eigenvalue weighted by Crippen LogP contribution is -2.38. The minimum absolute atomic E-state index is 0.0671. The number of nitrogens with zero attached hydrogens (tertiary/aromatic N) is 1. The summed E-state index contributed by atoms with van der Waals surface area (Å²) < 4.78 is 0. The Labute approximate surface area is 158 Å². The molecule has 0 radical (unpaired) electrons. The molecular formula is C21H34N4O. The van der Waals surface area contributed by atoms with Crippen LogP contribution in [0.1, 0.15) is 61.9 Å². The van der Waals surface area contributed by atoms with Crippen LogP contribution in [0.4, 0.5) is 0 Å². The van der Waals surface area contributed by atoms with Crippen LogP contribution in [0.5, 0.6) is 0 Å². The Morgan fingerprint density at radius 1 is 1.27 bits per heavy atom. The fourth-order valence-electron chi connectivity index (χ4n) is 3.68. The third kappa shape index (κ3) is 6.70. The first-order valence-electron chi connectivity index (χ1n) is 9.95. The molecule has 1 saturated carbocycles. The highest BCUT2D eigenvalue weighted by atomic mass is 16.1. The maximum atomic E-state index is 11.7. The Kier molecular flexibility index (Phi) is 8.45. The van der Waals surface area contributed by atoms with E-state index in [4.69, 9.17) is 0 Å². The Bertz CT molecular complexity index is 599. The molecule has 0 aromatic heterocycles. The van der Waals surface area contributed by atoms with Gasteiger partial charge in [-0.15, -0.1) is 0 Å². The zero-order valence-corrected chi connectivity index (χ0v) is 16.5. The third-order valence-electron chi connectivity index (χ3n) is 5.07. The van der Waals surface area contributed by atoms with Gasteiger partial charge in [-0.25, -0.2) is 4.99 Å². The first-order valence-corrected chi connectivity index (χ1v) is 9.95. The predicted octanol–water partition coefficient (Wildman–Crippen LogP) is 3.32. The van der Waals surface area contributed by atoms with Crippen molar-refractivity contribution in [1.82, 2.24) is 16.0 Å². The standard InChI is InChI=1S/C21H34N4O/c1-4-23-21(24-12-11-17-8-5-7-16(2)13-17)25-15-18-9-6-10-19(14-18)20(26)22-3/h6,9-10,14,16-17H,4-5,7-8,11-13,15H2,1-3H3,(H,22,26)(H2,23,24,25). The summed E-state index contributed by atoms with van der Waals surface area (Å²) in [6.45, 7) is 6.80. The minimum Gasteiger partial charge on any atom is -0.357 e. The highest BCUT2D eigenvalue weighted by Crippen LogP contribution is 2.30. The smallest absolute Gasteiger partial charge is 0.251 e. The van der Waals surface area contributed by atoms with Gasteiger partial charge < -0.3 is 16.0 Å². The van der Waals surface area contributed by atoms with Crippen LogP contribution in [0, 0.1) is 11.8 Å². The molecule has 1 aromatic carbocycles. The van der Waals surface area contributed by atoms with Crippen LogP contribution in [-0.2, 0) is 6.54 Å². The second kappa shape index (κ2) is 10.8. The molecule has 1 aromatic rings. The van der Waals surface area contributed by atoms with Crippen LogP contribution in [0.15, 0.2) is 29.3 Å². The van der Waals surface area contributed by atoms with Gasteiger partial charge in [-0.3, -0.25) is 4.79 Å². The highest BCUT2D eigenvalue weighted by molar-refractivity contribution is 5.94. The largest absolute Gasteiger partial charge is 0.357 e. The molecule has 26 heavy (non-hydrogen) atoms. The molecule has 1 fully saturated rings. The quantitative estimate of drug-likeness (QED) is 0.517. The first kappa shape index (κ1) is 20.3. The number of hydrogen-bond acceptors (Lipinski definition) is 2. The lowest BCUT2D eigenvalue weighted by atomic mass is 9.81. The summed E-state index contributed by atoms with van der Waals surface area (Å²) >= 11 is 0. The number of rotatable bonds is 7. The van der Waals surface area contributed by atoms with E-state index in [1.54, 1.807) is 7.05 Å². The number of hydrogen-bond donors (Lipinski definition) is 3. The minimum atomic E-state index is -0.0671. The van der Waals surface area contributed by atoms with E-state index in [0.29, 0.717) is 12.1 Å². The second-order valence-corrected chi connectivity index (χ2v) is 7.33.